The van der Waals surface area contributed by atoms with Crippen molar-refractivity contribution >= 4 is 23.6 Å². The molecule has 3 aromatic carbocycles. The zero-order chi connectivity index (χ0) is 24.2. The maximum atomic E-state index is 13.4. The minimum absolute atomic E-state index is 0.0758. The SMILES string of the molecule is COC(=O)c1ccc(-c2ccc(/C=C3\C=C(c4ccccc4)N(Cc4ccccc4)C3=O)o2)cc1. The van der Waals surface area contributed by atoms with Crippen molar-refractivity contribution in [3.05, 3.63) is 131 Å². The molecule has 0 bridgehead atoms. The van der Waals surface area contributed by atoms with Crippen LogP contribution in [0.3, 0.4) is 0 Å². The molecule has 5 rings (SSSR count). The topological polar surface area (TPSA) is 59.8 Å². The molecule has 0 radical (unpaired) electrons. The van der Waals surface area contributed by atoms with Gasteiger partial charge in [0.25, 0.3) is 5.91 Å². The second kappa shape index (κ2) is 9.69. The molecule has 0 N–H and O–H groups in total. The van der Waals surface area contributed by atoms with Gasteiger partial charge in [-0.3, -0.25) is 4.79 Å². The number of hydrogen-bond donors (Lipinski definition) is 0. The van der Waals surface area contributed by atoms with Gasteiger partial charge in [-0.05, 0) is 47.5 Å². The van der Waals surface area contributed by atoms with E-state index in [1.54, 1.807) is 35.2 Å². The van der Waals surface area contributed by atoms with Gasteiger partial charge in [0.05, 0.1) is 24.9 Å². The summed E-state index contributed by atoms with van der Waals surface area (Å²) in [4.78, 5) is 26.9. The highest BCUT2D eigenvalue weighted by Gasteiger charge is 2.29. The zero-order valence-electron chi connectivity index (χ0n) is 19.2. The standard InChI is InChI=1S/C30H23NO4/c1-34-30(33)24-14-12-23(13-15-24)28-17-16-26(35-28)18-25-19-27(22-10-6-3-7-11-22)31(29(25)32)20-21-8-4-2-5-9-21/h2-19H,20H2,1H3/b25-18+. The van der Waals surface area contributed by atoms with Crippen LogP contribution in [0.4, 0.5) is 0 Å². The summed E-state index contributed by atoms with van der Waals surface area (Å²) in [5, 5.41) is 0. The van der Waals surface area contributed by atoms with E-state index in [2.05, 4.69) is 0 Å². The molecule has 2 heterocycles. The Hall–Kier alpha value is -4.64. The maximum absolute atomic E-state index is 13.4. The van der Waals surface area contributed by atoms with Crippen molar-refractivity contribution in [1.29, 1.82) is 0 Å². The summed E-state index contributed by atoms with van der Waals surface area (Å²) in [5.74, 6) is 0.757. The van der Waals surface area contributed by atoms with Crippen LogP contribution < -0.4 is 0 Å². The molecule has 0 fully saturated rings. The number of hydrogen-bond acceptors (Lipinski definition) is 4. The molecule has 5 heteroatoms. The highest BCUT2D eigenvalue weighted by molar-refractivity contribution is 6.10. The van der Waals surface area contributed by atoms with Crippen molar-refractivity contribution in [3.63, 3.8) is 0 Å². The van der Waals surface area contributed by atoms with Gasteiger partial charge in [-0.1, -0.05) is 72.8 Å². The molecule has 0 unspecified atom stereocenters. The Morgan fingerprint density at radius 1 is 0.857 bits per heavy atom. The van der Waals surface area contributed by atoms with Gasteiger partial charge >= 0.3 is 5.97 Å². The Balaban J connectivity index is 1.44. The third-order valence-electron chi connectivity index (χ3n) is 5.84. The van der Waals surface area contributed by atoms with E-state index in [0.717, 1.165) is 22.4 Å². The van der Waals surface area contributed by atoms with Crippen LogP contribution in [0.1, 0.15) is 27.2 Å². The van der Waals surface area contributed by atoms with E-state index in [1.807, 2.05) is 78.9 Å². The Morgan fingerprint density at radius 3 is 2.23 bits per heavy atom. The first-order chi connectivity index (χ1) is 17.1. The number of carbonyl (C=O) groups excluding carboxylic acids is 2. The van der Waals surface area contributed by atoms with Crippen molar-refractivity contribution in [2.24, 2.45) is 0 Å². The summed E-state index contributed by atoms with van der Waals surface area (Å²) in [6.07, 6.45) is 3.68. The van der Waals surface area contributed by atoms with Crippen molar-refractivity contribution < 1.29 is 18.7 Å². The van der Waals surface area contributed by atoms with Gasteiger partial charge in [-0.2, -0.15) is 0 Å². The van der Waals surface area contributed by atoms with E-state index in [-0.39, 0.29) is 11.9 Å². The molecular formula is C30H23NO4. The number of carbonyl (C=O) groups is 2. The van der Waals surface area contributed by atoms with E-state index in [0.29, 0.717) is 29.2 Å². The van der Waals surface area contributed by atoms with Gasteiger partial charge in [0.15, 0.2) is 0 Å². The predicted molar refractivity (Wildman–Crippen MR) is 135 cm³/mol. The van der Waals surface area contributed by atoms with Gasteiger partial charge in [-0.25, -0.2) is 4.79 Å². The fraction of sp³-hybridized carbons (Fsp3) is 0.0667. The van der Waals surface area contributed by atoms with Crippen LogP contribution >= 0.6 is 0 Å². The molecule has 1 amide bonds. The second-order valence-corrected chi connectivity index (χ2v) is 8.14. The van der Waals surface area contributed by atoms with Gasteiger partial charge in [-0.15, -0.1) is 0 Å². The molecule has 0 atom stereocenters. The van der Waals surface area contributed by atoms with Crippen LogP contribution in [0.25, 0.3) is 23.1 Å². The summed E-state index contributed by atoms with van der Waals surface area (Å²) in [5.41, 5.74) is 4.74. The quantitative estimate of drug-likeness (QED) is 0.253. The number of furan rings is 1. The number of methoxy groups -OCH3 is 1. The zero-order valence-corrected chi connectivity index (χ0v) is 19.2. The molecule has 1 aromatic heterocycles. The first-order valence-electron chi connectivity index (χ1n) is 11.3. The number of benzene rings is 3. The van der Waals surface area contributed by atoms with Crippen LogP contribution in [0.5, 0.6) is 0 Å². The summed E-state index contributed by atoms with van der Waals surface area (Å²) in [7, 11) is 1.35. The Morgan fingerprint density at radius 2 is 1.54 bits per heavy atom. The van der Waals surface area contributed by atoms with Crippen LogP contribution in [-0.2, 0) is 16.1 Å². The molecule has 4 aromatic rings. The Bertz CT molecular complexity index is 1410. The van der Waals surface area contributed by atoms with E-state index >= 15 is 0 Å². The number of nitrogens with zero attached hydrogens (tertiary/aromatic N) is 1. The van der Waals surface area contributed by atoms with Crippen LogP contribution in [-0.4, -0.2) is 23.9 Å². The first kappa shape index (κ1) is 22.2. The summed E-state index contributed by atoms with van der Waals surface area (Å²) < 4.78 is 10.8. The molecule has 5 nitrogen and oxygen atoms in total. The van der Waals surface area contributed by atoms with Crippen LogP contribution in [0.2, 0.25) is 0 Å². The number of ether oxygens (including phenoxy) is 1. The van der Waals surface area contributed by atoms with E-state index in [1.165, 1.54) is 7.11 Å². The third-order valence-corrected chi connectivity index (χ3v) is 5.84. The molecule has 0 spiro atoms. The molecule has 0 aliphatic carbocycles. The van der Waals surface area contributed by atoms with Crippen molar-refractivity contribution in [1.82, 2.24) is 4.90 Å². The van der Waals surface area contributed by atoms with Crippen molar-refractivity contribution in [2.75, 3.05) is 7.11 Å². The smallest absolute Gasteiger partial charge is 0.337 e. The molecule has 0 saturated heterocycles. The molecule has 0 saturated carbocycles. The summed E-state index contributed by atoms with van der Waals surface area (Å²) in [6, 6.07) is 30.5. The highest BCUT2D eigenvalue weighted by atomic mass is 16.5. The largest absolute Gasteiger partial charge is 0.465 e. The second-order valence-electron chi connectivity index (χ2n) is 8.14. The fourth-order valence-corrected chi connectivity index (χ4v) is 4.05. The molecule has 1 aliphatic rings. The summed E-state index contributed by atoms with van der Waals surface area (Å²) in [6.45, 7) is 0.480. The lowest BCUT2D eigenvalue weighted by Gasteiger charge is -2.20. The minimum atomic E-state index is -0.387. The van der Waals surface area contributed by atoms with Gasteiger partial charge in [0.2, 0.25) is 0 Å². The maximum Gasteiger partial charge on any atom is 0.337 e. The first-order valence-corrected chi connectivity index (χ1v) is 11.3. The lowest BCUT2D eigenvalue weighted by atomic mass is 10.1. The normalized spacial score (nSPS) is 14.3. The lowest BCUT2D eigenvalue weighted by molar-refractivity contribution is -0.123. The molecule has 1 aliphatic heterocycles. The fourth-order valence-electron chi connectivity index (χ4n) is 4.05. The van der Waals surface area contributed by atoms with Gasteiger partial charge < -0.3 is 14.1 Å². The number of amides is 1. The third kappa shape index (κ3) is 4.70. The van der Waals surface area contributed by atoms with E-state index < -0.39 is 0 Å². The van der Waals surface area contributed by atoms with Crippen LogP contribution in [0, 0.1) is 0 Å². The average Bonchev–Trinajstić information content (AvgIpc) is 3.50. The van der Waals surface area contributed by atoms with Crippen molar-refractivity contribution in [3.8, 4) is 11.3 Å². The minimum Gasteiger partial charge on any atom is -0.465 e. The highest BCUT2D eigenvalue weighted by Crippen LogP contribution is 2.33. The molecule has 172 valence electrons. The van der Waals surface area contributed by atoms with Gasteiger partial charge in [0, 0.05) is 11.1 Å². The molecule has 35 heavy (non-hydrogen) atoms. The monoisotopic (exact) mass is 461 g/mol. The Labute approximate surface area is 203 Å². The van der Waals surface area contributed by atoms with Crippen LogP contribution in [0.15, 0.2) is 113 Å². The number of rotatable bonds is 6. The van der Waals surface area contributed by atoms with Crippen molar-refractivity contribution in [2.45, 2.75) is 6.54 Å². The summed E-state index contributed by atoms with van der Waals surface area (Å²) >= 11 is 0. The predicted octanol–water partition coefficient (Wildman–Crippen LogP) is 6.20. The van der Waals surface area contributed by atoms with Gasteiger partial charge in [0.1, 0.15) is 11.5 Å². The number of esters is 1. The van der Waals surface area contributed by atoms with E-state index in [4.69, 9.17) is 9.15 Å². The lowest BCUT2D eigenvalue weighted by Crippen LogP contribution is -2.25. The van der Waals surface area contributed by atoms with E-state index in [9.17, 15) is 9.59 Å². The Kier molecular flexibility index (Phi) is 6.14. The molecular weight excluding hydrogens is 438 g/mol. The average molecular weight is 462 g/mol.